The summed E-state index contributed by atoms with van der Waals surface area (Å²) in [5.41, 5.74) is 0. The van der Waals surface area contributed by atoms with Crippen LogP contribution in [0.4, 0.5) is 0 Å². The highest BCUT2D eigenvalue weighted by Gasteiger charge is 2.27. The molecule has 0 N–H and O–H groups in total. The fourth-order valence-corrected chi connectivity index (χ4v) is 0.618. The van der Waals surface area contributed by atoms with E-state index in [1.165, 1.54) is 0 Å². The van der Waals surface area contributed by atoms with Crippen molar-refractivity contribution in [1.82, 2.24) is 0 Å². The molecular weight excluding hydrogens is 108 g/mol. The van der Waals surface area contributed by atoms with Crippen LogP contribution in [0.5, 0.6) is 0 Å². The molecule has 0 aliphatic heterocycles. The lowest BCUT2D eigenvalue weighted by atomic mass is 10.3. The predicted molar refractivity (Wildman–Crippen MR) is 24.3 cm³/mol. The Morgan fingerprint density at radius 2 is 1.25 bits per heavy atom. The molecule has 0 amide bonds. The van der Waals surface area contributed by atoms with Crippen LogP contribution in [0.1, 0.15) is 12.8 Å². The zero-order chi connectivity index (χ0) is 6.15. The number of ketones is 3. The fraction of sp³-hybridized carbons (Fsp3) is 0.400. The third-order valence-corrected chi connectivity index (χ3v) is 1.03. The van der Waals surface area contributed by atoms with Gasteiger partial charge in [0.25, 0.3) is 0 Å². The lowest BCUT2D eigenvalue weighted by Crippen LogP contribution is -2.01. The Balaban J connectivity index is 2.79. The average molecular weight is 112 g/mol. The molecule has 0 bridgehead atoms. The molecule has 42 valence electrons. The van der Waals surface area contributed by atoms with Crippen molar-refractivity contribution < 1.29 is 14.4 Å². The van der Waals surface area contributed by atoms with E-state index in [9.17, 15) is 14.4 Å². The monoisotopic (exact) mass is 112 g/mol. The molecule has 0 aromatic heterocycles. The highest BCUT2D eigenvalue weighted by molar-refractivity contribution is 6.48. The number of carbonyl (C=O) groups is 3. The number of Topliss-reactive ketones (excluding diaryl/α,β-unsaturated/α-hetero) is 3. The van der Waals surface area contributed by atoms with Crippen molar-refractivity contribution in [1.29, 1.82) is 0 Å². The van der Waals surface area contributed by atoms with Crippen molar-refractivity contribution in [2.24, 2.45) is 0 Å². The Hall–Kier alpha value is -0.990. The van der Waals surface area contributed by atoms with Gasteiger partial charge >= 0.3 is 0 Å². The van der Waals surface area contributed by atoms with E-state index in [1.54, 1.807) is 0 Å². The van der Waals surface area contributed by atoms with Gasteiger partial charge in [-0.1, -0.05) is 0 Å². The third-order valence-electron chi connectivity index (χ3n) is 1.03. The standard InChI is InChI=1S/C5H4O3/c6-3-1-4(7)5(8)2-3/h1-2H2. The summed E-state index contributed by atoms with van der Waals surface area (Å²) in [5, 5.41) is 0. The van der Waals surface area contributed by atoms with Gasteiger partial charge < -0.3 is 0 Å². The molecule has 0 unspecified atom stereocenters. The van der Waals surface area contributed by atoms with E-state index in [0.29, 0.717) is 0 Å². The maximum absolute atomic E-state index is 10.2. The summed E-state index contributed by atoms with van der Waals surface area (Å²) >= 11 is 0. The molecule has 0 saturated heterocycles. The van der Waals surface area contributed by atoms with E-state index in [4.69, 9.17) is 0 Å². The Kier molecular flexibility index (Phi) is 0.970. The van der Waals surface area contributed by atoms with E-state index >= 15 is 0 Å². The Morgan fingerprint density at radius 1 is 0.875 bits per heavy atom. The van der Waals surface area contributed by atoms with Gasteiger partial charge in [-0.25, -0.2) is 0 Å². The quantitative estimate of drug-likeness (QED) is 0.313. The van der Waals surface area contributed by atoms with Gasteiger partial charge in [-0.05, 0) is 0 Å². The number of carbonyl (C=O) groups excluding carboxylic acids is 3. The SMILES string of the molecule is O=C1CC(=O)C(=O)C1. The predicted octanol–water partition coefficient (Wildman–Crippen LogP) is -0.513. The lowest BCUT2D eigenvalue weighted by Gasteiger charge is -1.71. The highest BCUT2D eigenvalue weighted by Crippen LogP contribution is 2.03. The second-order valence-electron chi connectivity index (χ2n) is 1.74. The molecule has 0 spiro atoms. The summed E-state index contributed by atoms with van der Waals surface area (Å²) in [5.74, 6) is -1.31. The molecule has 0 heterocycles. The topological polar surface area (TPSA) is 51.2 Å². The first-order chi connectivity index (χ1) is 3.70. The molecule has 0 aromatic rings. The lowest BCUT2D eigenvalue weighted by molar-refractivity contribution is -0.134. The molecule has 1 fully saturated rings. The molecule has 0 atom stereocenters. The molecule has 8 heavy (non-hydrogen) atoms. The summed E-state index contributed by atoms with van der Waals surface area (Å²) in [6.45, 7) is 0. The minimum Gasteiger partial charge on any atom is -0.299 e. The van der Waals surface area contributed by atoms with Gasteiger partial charge in [0.1, 0.15) is 5.78 Å². The van der Waals surface area contributed by atoms with Crippen LogP contribution < -0.4 is 0 Å². The Labute approximate surface area is 45.7 Å². The second kappa shape index (κ2) is 1.51. The number of hydrogen-bond donors (Lipinski definition) is 0. The van der Waals surface area contributed by atoms with Crippen LogP contribution in [0.25, 0.3) is 0 Å². The smallest absolute Gasteiger partial charge is 0.206 e. The third kappa shape index (κ3) is 0.665. The van der Waals surface area contributed by atoms with Crippen molar-refractivity contribution in [3.8, 4) is 0 Å². The molecule has 3 heteroatoms. The number of hydrogen-bond acceptors (Lipinski definition) is 3. The fourth-order valence-electron chi connectivity index (χ4n) is 0.618. The summed E-state index contributed by atoms with van der Waals surface area (Å²) in [6.07, 6.45) is -0.336. The zero-order valence-electron chi connectivity index (χ0n) is 4.14. The van der Waals surface area contributed by atoms with Gasteiger partial charge in [0.05, 0.1) is 12.8 Å². The largest absolute Gasteiger partial charge is 0.299 e. The van der Waals surface area contributed by atoms with Gasteiger partial charge in [0.15, 0.2) is 0 Å². The van der Waals surface area contributed by atoms with Crippen LogP contribution in [-0.2, 0) is 14.4 Å². The van der Waals surface area contributed by atoms with Crippen LogP contribution in [-0.4, -0.2) is 17.3 Å². The second-order valence-corrected chi connectivity index (χ2v) is 1.74. The van der Waals surface area contributed by atoms with Crippen LogP contribution in [0, 0.1) is 0 Å². The van der Waals surface area contributed by atoms with Crippen molar-refractivity contribution >= 4 is 17.3 Å². The van der Waals surface area contributed by atoms with Crippen LogP contribution in [0.3, 0.4) is 0 Å². The van der Waals surface area contributed by atoms with Gasteiger partial charge in [0.2, 0.25) is 11.6 Å². The molecule has 1 aliphatic rings. The van der Waals surface area contributed by atoms with Crippen LogP contribution in [0.15, 0.2) is 0 Å². The summed E-state index contributed by atoms with van der Waals surface area (Å²) in [4.78, 5) is 30.7. The van der Waals surface area contributed by atoms with E-state index in [1.807, 2.05) is 0 Å². The van der Waals surface area contributed by atoms with Gasteiger partial charge in [-0.2, -0.15) is 0 Å². The average Bonchev–Trinajstić information content (AvgIpc) is 1.85. The van der Waals surface area contributed by atoms with E-state index in [2.05, 4.69) is 0 Å². The first kappa shape index (κ1) is 5.15. The van der Waals surface area contributed by atoms with Crippen molar-refractivity contribution in [2.75, 3.05) is 0 Å². The van der Waals surface area contributed by atoms with E-state index in [-0.39, 0.29) is 18.6 Å². The van der Waals surface area contributed by atoms with Crippen LogP contribution >= 0.6 is 0 Å². The zero-order valence-corrected chi connectivity index (χ0v) is 4.14. The molecule has 1 saturated carbocycles. The van der Waals surface area contributed by atoms with Gasteiger partial charge in [-0.3, -0.25) is 14.4 Å². The van der Waals surface area contributed by atoms with E-state index in [0.717, 1.165) is 0 Å². The maximum Gasteiger partial charge on any atom is 0.206 e. The van der Waals surface area contributed by atoms with Gasteiger partial charge in [0, 0.05) is 0 Å². The highest BCUT2D eigenvalue weighted by atomic mass is 16.2. The summed E-state index contributed by atoms with van der Waals surface area (Å²) in [7, 11) is 0. The first-order valence-electron chi connectivity index (χ1n) is 2.28. The molecule has 1 rings (SSSR count). The molecule has 0 aromatic carbocycles. The Bertz CT molecular complexity index is 151. The minimum absolute atomic E-state index is 0.168. The Morgan fingerprint density at radius 3 is 1.38 bits per heavy atom. The summed E-state index contributed by atoms with van der Waals surface area (Å²) < 4.78 is 0. The maximum atomic E-state index is 10.2. The van der Waals surface area contributed by atoms with Crippen molar-refractivity contribution in [2.45, 2.75) is 12.8 Å². The van der Waals surface area contributed by atoms with Crippen LogP contribution in [0.2, 0.25) is 0 Å². The first-order valence-corrected chi connectivity index (χ1v) is 2.28. The molecule has 0 radical (unpaired) electrons. The van der Waals surface area contributed by atoms with E-state index < -0.39 is 11.6 Å². The molecule has 1 aliphatic carbocycles. The molecule has 3 nitrogen and oxygen atoms in total. The van der Waals surface area contributed by atoms with Gasteiger partial charge in [-0.15, -0.1) is 0 Å². The molecular formula is C5H4O3. The number of rotatable bonds is 0. The van der Waals surface area contributed by atoms with Crippen molar-refractivity contribution in [3.63, 3.8) is 0 Å². The van der Waals surface area contributed by atoms with Crippen molar-refractivity contribution in [3.05, 3.63) is 0 Å². The normalized spacial score (nSPS) is 20.2. The minimum atomic E-state index is -0.532. The summed E-state index contributed by atoms with van der Waals surface area (Å²) in [6, 6.07) is 0.